The van der Waals surface area contributed by atoms with Gasteiger partial charge in [-0.05, 0) is 61.7 Å². The Morgan fingerprint density at radius 1 is 1.21 bits per heavy atom. The van der Waals surface area contributed by atoms with E-state index in [4.69, 9.17) is 9.72 Å². The molecule has 1 atom stereocenters. The standard InChI is InChI=1S/C25H26FN5O2S/c1-16-22-23(31(29-16)20-9-7-19(26)8-10-20)28-25(34-22)30-13-3-4-18(15-30)24(32)27-14-17-5-11-21(33-2)12-6-17/h5-12,18H,3-4,13-15H2,1-2H3,(H,27,32)/t18-/m1/s1. The lowest BCUT2D eigenvalue weighted by Crippen LogP contribution is -2.43. The Balaban J connectivity index is 1.29. The molecule has 4 aromatic rings. The molecule has 9 heteroatoms. The minimum Gasteiger partial charge on any atom is -0.497 e. The number of piperidine rings is 1. The first kappa shape index (κ1) is 22.3. The van der Waals surface area contributed by atoms with Gasteiger partial charge in [0.2, 0.25) is 5.91 Å². The molecule has 1 aliphatic heterocycles. The van der Waals surface area contributed by atoms with Crippen molar-refractivity contribution >= 4 is 32.7 Å². The number of ether oxygens (including phenoxy) is 1. The second-order valence-electron chi connectivity index (χ2n) is 8.47. The molecular formula is C25H26FN5O2S. The van der Waals surface area contributed by atoms with Crippen LogP contribution in [0.15, 0.2) is 48.5 Å². The summed E-state index contributed by atoms with van der Waals surface area (Å²) in [6, 6.07) is 13.9. The fourth-order valence-corrected chi connectivity index (χ4v) is 5.28. The maximum Gasteiger partial charge on any atom is 0.225 e. The molecule has 0 spiro atoms. The molecule has 1 saturated heterocycles. The number of rotatable bonds is 6. The Morgan fingerprint density at radius 2 is 1.97 bits per heavy atom. The van der Waals surface area contributed by atoms with E-state index in [9.17, 15) is 9.18 Å². The van der Waals surface area contributed by atoms with E-state index in [1.165, 1.54) is 12.1 Å². The zero-order valence-corrected chi connectivity index (χ0v) is 19.9. The van der Waals surface area contributed by atoms with Crippen LogP contribution in [0.4, 0.5) is 9.52 Å². The van der Waals surface area contributed by atoms with Crippen LogP contribution in [0, 0.1) is 18.7 Å². The highest BCUT2D eigenvalue weighted by Gasteiger charge is 2.28. The van der Waals surface area contributed by atoms with Crippen LogP contribution in [-0.4, -0.2) is 40.9 Å². The number of thiazole rings is 1. The number of methoxy groups -OCH3 is 1. The van der Waals surface area contributed by atoms with Crippen LogP contribution in [0.2, 0.25) is 0 Å². The van der Waals surface area contributed by atoms with E-state index in [1.54, 1.807) is 35.3 Å². The molecule has 34 heavy (non-hydrogen) atoms. The molecule has 2 aromatic heterocycles. The number of carbonyl (C=O) groups excluding carboxylic acids is 1. The Labute approximate surface area is 201 Å². The Hall–Kier alpha value is -3.46. The molecule has 1 fully saturated rings. The molecule has 0 aliphatic carbocycles. The third-order valence-corrected chi connectivity index (χ3v) is 7.35. The van der Waals surface area contributed by atoms with Crippen LogP contribution >= 0.6 is 11.3 Å². The number of anilines is 1. The van der Waals surface area contributed by atoms with Gasteiger partial charge in [0.25, 0.3) is 0 Å². The highest BCUT2D eigenvalue weighted by atomic mass is 32.1. The van der Waals surface area contributed by atoms with E-state index in [1.807, 2.05) is 31.2 Å². The summed E-state index contributed by atoms with van der Waals surface area (Å²) in [5.41, 5.74) is 3.45. The second-order valence-corrected chi connectivity index (χ2v) is 9.45. The van der Waals surface area contributed by atoms with E-state index in [0.29, 0.717) is 13.1 Å². The molecule has 0 saturated carbocycles. The molecule has 1 amide bonds. The number of halogens is 1. The Morgan fingerprint density at radius 3 is 2.71 bits per heavy atom. The van der Waals surface area contributed by atoms with Crippen molar-refractivity contribution in [3.8, 4) is 11.4 Å². The SMILES string of the molecule is COc1ccc(CNC(=O)[C@@H]2CCCN(c3nc4c(s3)c(C)nn4-c3ccc(F)cc3)C2)cc1. The zero-order valence-electron chi connectivity index (χ0n) is 19.1. The molecule has 176 valence electrons. The van der Waals surface area contributed by atoms with Crippen LogP contribution in [-0.2, 0) is 11.3 Å². The molecule has 0 unspecified atom stereocenters. The molecule has 3 heterocycles. The summed E-state index contributed by atoms with van der Waals surface area (Å²) in [5.74, 6) is 0.489. The number of nitrogens with zero attached hydrogens (tertiary/aromatic N) is 4. The predicted molar refractivity (Wildman–Crippen MR) is 131 cm³/mol. The Bertz CT molecular complexity index is 1300. The third kappa shape index (κ3) is 4.48. The number of fused-ring (bicyclic) bond motifs is 1. The fourth-order valence-electron chi connectivity index (χ4n) is 4.26. The molecule has 1 aliphatic rings. The van der Waals surface area contributed by atoms with Crippen molar-refractivity contribution < 1.29 is 13.9 Å². The summed E-state index contributed by atoms with van der Waals surface area (Å²) >= 11 is 1.59. The zero-order chi connectivity index (χ0) is 23.7. The smallest absolute Gasteiger partial charge is 0.225 e. The van der Waals surface area contributed by atoms with Gasteiger partial charge in [-0.2, -0.15) is 10.1 Å². The van der Waals surface area contributed by atoms with Crippen LogP contribution in [0.5, 0.6) is 5.75 Å². The highest BCUT2D eigenvalue weighted by Crippen LogP contribution is 2.34. The van der Waals surface area contributed by atoms with Crippen LogP contribution in [0.25, 0.3) is 16.0 Å². The maximum absolute atomic E-state index is 13.4. The van der Waals surface area contributed by atoms with Crippen molar-refractivity contribution in [2.75, 3.05) is 25.1 Å². The number of benzene rings is 2. The molecule has 2 aromatic carbocycles. The molecule has 5 rings (SSSR count). The number of hydrogen-bond donors (Lipinski definition) is 1. The van der Waals surface area contributed by atoms with Gasteiger partial charge in [-0.25, -0.2) is 9.07 Å². The van der Waals surface area contributed by atoms with E-state index in [-0.39, 0.29) is 17.6 Å². The summed E-state index contributed by atoms with van der Waals surface area (Å²) in [6.07, 6.45) is 1.79. The molecule has 1 N–H and O–H groups in total. The first-order valence-electron chi connectivity index (χ1n) is 11.3. The largest absolute Gasteiger partial charge is 0.497 e. The van der Waals surface area contributed by atoms with E-state index in [0.717, 1.165) is 57.6 Å². The topological polar surface area (TPSA) is 72.3 Å². The third-order valence-electron chi connectivity index (χ3n) is 6.14. The van der Waals surface area contributed by atoms with Crippen molar-refractivity contribution in [2.45, 2.75) is 26.3 Å². The van der Waals surface area contributed by atoms with Crippen LogP contribution in [0.1, 0.15) is 24.1 Å². The highest BCUT2D eigenvalue weighted by molar-refractivity contribution is 7.22. The minimum absolute atomic E-state index is 0.0651. The normalized spacial score (nSPS) is 16.1. The number of amides is 1. The molecule has 0 radical (unpaired) electrons. The van der Waals surface area contributed by atoms with Crippen molar-refractivity contribution in [1.82, 2.24) is 20.1 Å². The first-order chi connectivity index (χ1) is 16.5. The van der Waals surface area contributed by atoms with Crippen molar-refractivity contribution in [3.63, 3.8) is 0 Å². The number of aromatic nitrogens is 3. The number of hydrogen-bond acceptors (Lipinski definition) is 6. The minimum atomic E-state index is -0.285. The maximum atomic E-state index is 13.4. The lowest BCUT2D eigenvalue weighted by Gasteiger charge is -2.31. The summed E-state index contributed by atoms with van der Waals surface area (Å²) in [6.45, 7) is 3.94. The van der Waals surface area contributed by atoms with Gasteiger partial charge >= 0.3 is 0 Å². The predicted octanol–water partition coefficient (Wildman–Crippen LogP) is 4.47. The molecule has 0 bridgehead atoms. The van der Waals surface area contributed by atoms with Crippen LogP contribution < -0.4 is 15.0 Å². The van der Waals surface area contributed by atoms with Gasteiger partial charge in [0, 0.05) is 19.6 Å². The van der Waals surface area contributed by atoms with Gasteiger partial charge in [-0.3, -0.25) is 4.79 Å². The van der Waals surface area contributed by atoms with Gasteiger partial charge < -0.3 is 15.0 Å². The van der Waals surface area contributed by atoms with E-state index in [2.05, 4.69) is 15.3 Å². The lowest BCUT2D eigenvalue weighted by molar-refractivity contribution is -0.125. The Kier molecular flexibility index (Phi) is 6.19. The van der Waals surface area contributed by atoms with E-state index < -0.39 is 0 Å². The van der Waals surface area contributed by atoms with Gasteiger partial charge in [0.05, 0.1) is 29.1 Å². The van der Waals surface area contributed by atoms with Crippen molar-refractivity contribution in [1.29, 1.82) is 0 Å². The monoisotopic (exact) mass is 479 g/mol. The average molecular weight is 480 g/mol. The van der Waals surface area contributed by atoms with Gasteiger partial charge in [0.15, 0.2) is 10.8 Å². The fraction of sp³-hybridized carbons (Fsp3) is 0.320. The number of nitrogens with one attached hydrogen (secondary N) is 1. The van der Waals surface area contributed by atoms with Gasteiger partial charge in [-0.1, -0.05) is 23.5 Å². The summed E-state index contributed by atoms with van der Waals surface area (Å²) in [5, 5.41) is 8.56. The quantitative estimate of drug-likeness (QED) is 0.442. The second kappa shape index (κ2) is 9.42. The first-order valence-corrected chi connectivity index (χ1v) is 12.1. The number of carbonyl (C=O) groups is 1. The summed E-state index contributed by atoms with van der Waals surface area (Å²) in [4.78, 5) is 20.0. The van der Waals surface area contributed by atoms with Gasteiger partial charge in [-0.15, -0.1) is 0 Å². The van der Waals surface area contributed by atoms with E-state index >= 15 is 0 Å². The van der Waals surface area contributed by atoms with Crippen LogP contribution in [0.3, 0.4) is 0 Å². The summed E-state index contributed by atoms with van der Waals surface area (Å²) in [7, 11) is 1.64. The number of aryl methyl sites for hydroxylation is 1. The lowest BCUT2D eigenvalue weighted by atomic mass is 9.97. The molecular weight excluding hydrogens is 453 g/mol. The molecule has 7 nitrogen and oxygen atoms in total. The average Bonchev–Trinajstić information content (AvgIpc) is 3.44. The van der Waals surface area contributed by atoms with Gasteiger partial charge in [0.1, 0.15) is 11.6 Å². The van der Waals surface area contributed by atoms with Crippen molar-refractivity contribution in [3.05, 3.63) is 65.6 Å². The summed E-state index contributed by atoms with van der Waals surface area (Å²) < 4.78 is 21.3. The van der Waals surface area contributed by atoms with Crippen molar-refractivity contribution in [2.24, 2.45) is 5.92 Å².